The molecule has 6 heteroatoms. The third-order valence-corrected chi connectivity index (χ3v) is 3.16. The first-order chi connectivity index (χ1) is 10.5. The van der Waals surface area contributed by atoms with Gasteiger partial charge in [0.1, 0.15) is 5.75 Å². The predicted molar refractivity (Wildman–Crippen MR) is 88.5 cm³/mol. The fourth-order valence-electron chi connectivity index (χ4n) is 1.78. The monoisotopic (exact) mass is 317 g/mol. The Balaban J connectivity index is 1.81. The zero-order chi connectivity index (χ0) is 15.9. The first kappa shape index (κ1) is 15.9. The van der Waals surface area contributed by atoms with Crippen molar-refractivity contribution in [3.8, 4) is 5.75 Å². The molecule has 114 valence electrons. The second-order valence-electron chi connectivity index (χ2n) is 4.70. The van der Waals surface area contributed by atoms with E-state index in [2.05, 4.69) is 15.8 Å². The maximum absolute atomic E-state index is 11.7. The van der Waals surface area contributed by atoms with E-state index in [1.807, 2.05) is 19.1 Å². The summed E-state index contributed by atoms with van der Waals surface area (Å²) in [5, 5.41) is 16.7. The molecular weight excluding hydrogens is 302 g/mol. The molecule has 0 bridgehead atoms. The molecule has 1 amide bonds. The number of carbonyl (C=O) groups excluding carboxylic acids is 1. The average molecular weight is 318 g/mol. The van der Waals surface area contributed by atoms with Gasteiger partial charge in [-0.15, -0.1) is 0 Å². The summed E-state index contributed by atoms with van der Waals surface area (Å²) in [7, 11) is 0. The Morgan fingerprint density at radius 1 is 1.27 bits per heavy atom. The Morgan fingerprint density at radius 3 is 2.68 bits per heavy atom. The molecule has 0 saturated carbocycles. The largest absolute Gasteiger partial charge is 0.508 e. The molecule has 0 aromatic heterocycles. The van der Waals surface area contributed by atoms with Crippen LogP contribution < -0.4 is 10.7 Å². The van der Waals surface area contributed by atoms with E-state index >= 15 is 0 Å². The lowest BCUT2D eigenvalue weighted by molar-refractivity contribution is -0.119. The van der Waals surface area contributed by atoms with Gasteiger partial charge in [-0.25, -0.2) is 5.43 Å². The molecule has 2 aromatic carbocycles. The van der Waals surface area contributed by atoms with Gasteiger partial charge in [0, 0.05) is 10.7 Å². The van der Waals surface area contributed by atoms with E-state index in [0.717, 1.165) is 16.8 Å². The van der Waals surface area contributed by atoms with Crippen molar-refractivity contribution in [2.24, 2.45) is 5.10 Å². The normalized spacial score (nSPS) is 10.6. The zero-order valence-corrected chi connectivity index (χ0v) is 12.8. The van der Waals surface area contributed by atoms with Gasteiger partial charge in [0.2, 0.25) is 0 Å². The molecule has 0 aliphatic rings. The highest BCUT2D eigenvalue weighted by molar-refractivity contribution is 6.30. The molecule has 2 aromatic rings. The molecule has 0 atom stereocenters. The second kappa shape index (κ2) is 7.47. The summed E-state index contributed by atoms with van der Waals surface area (Å²) in [6.45, 7) is 2.02. The van der Waals surface area contributed by atoms with Crippen LogP contribution in [0.3, 0.4) is 0 Å². The Kier molecular flexibility index (Phi) is 5.38. The Hall–Kier alpha value is -2.53. The number of hydrogen-bond acceptors (Lipinski definition) is 4. The SMILES string of the molecule is Cc1cc(Cl)ccc1NCC(=O)N/N=C\c1ccc(O)cc1. The number of amides is 1. The Morgan fingerprint density at radius 2 is 2.00 bits per heavy atom. The molecule has 22 heavy (non-hydrogen) atoms. The van der Waals surface area contributed by atoms with Crippen LogP contribution in [0.4, 0.5) is 5.69 Å². The minimum Gasteiger partial charge on any atom is -0.508 e. The zero-order valence-electron chi connectivity index (χ0n) is 12.0. The fraction of sp³-hybridized carbons (Fsp3) is 0.125. The van der Waals surface area contributed by atoms with Crippen molar-refractivity contribution >= 4 is 29.4 Å². The van der Waals surface area contributed by atoms with E-state index < -0.39 is 0 Å². The highest BCUT2D eigenvalue weighted by Crippen LogP contribution is 2.19. The Labute approximate surface area is 133 Å². The third kappa shape index (κ3) is 4.79. The number of nitrogens with one attached hydrogen (secondary N) is 2. The van der Waals surface area contributed by atoms with Crippen molar-refractivity contribution in [3.63, 3.8) is 0 Å². The molecule has 0 unspecified atom stereocenters. The van der Waals surface area contributed by atoms with Gasteiger partial charge in [-0.05, 0) is 60.5 Å². The number of phenols is 1. The Bertz CT molecular complexity index is 684. The first-order valence-corrected chi connectivity index (χ1v) is 7.03. The summed E-state index contributed by atoms with van der Waals surface area (Å²) in [5.41, 5.74) is 5.02. The number of rotatable bonds is 5. The molecule has 0 saturated heterocycles. The lowest BCUT2D eigenvalue weighted by Crippen LogP contribution is -2.26. The number of hydrogen-bond donors (Lipinski definition) is 3. The van der Waals surface area contributed by atoms with Crippen LogP contribution in [0.25, 0.3) is 0 Å². The number of halogens is 1. The van der Waals surface area contributed by atoms with Crippen LogP contribution in [0, 0.1) is 6.92 Å². The van der Waals surface area contributed by atoms with E-state index in [4.69, 9.17) is 16.7 Å². The molecule has 0 spiro atoms. The van der Waals surface area contributed by atoms with Gasteiger partial charge in [0.05, 0.1) is 12.8 Å². The van der Waals surface area contributed by atoms with Crippen LogP contribution in [-0.4, -0.2) is 23.8 Å². The van der Waals surface area contributed by atoms with Crippen molar-refractivity contribution in [3.05, 3.63) is 58.6 Å². The number of benzene rings is 2. The summed E-state index contributed by atoms with van der Waals surface area (Å²) in [5.74, 6) is -0.0758. The topological polar surface area (TPSA) is 73.7 Å². The number of carbonyl (C=O) groups is 1. The predicted octanol–water partition coefficient (Wildman–Crippen LogP) is 2.92. The molecular formula is C16H16ClN3O2. The number of aryl methyl sites for hydroxylation is 1. The standard InChI is InChI=1S/C16H16ClN3O2/c1-11-8-13(17)4-7-15(11)18-10-16(22)20-19-9-12-2-5-14(21)6-3-12/h2-9,18,21H,10H2,1H3,(H,20,22)/b19-9-. The van der Waals surface area contributed by atoms with Crippen LogP contribution in [0.2, 0.25) is 5.02 Å². The summed E-state index contributed by atoms with van der Waals surface area (Å²) in [6, 6.07) is 11.9. The van der Waals surface area contributed by atoms with Gasteiger partial charge in [0.15, 0.2) is 0 Å². The summed E-state index contributed by atoms with van der Waals surface area (Å²) in [6.07, 6.45) is 1.50. The minimum atomic E-state index is -0.260. The van der Waals surface area contributed by atoms with Gasteiger partial charge < -0.3 is 10.4 Å². The van der Waals surface area contributed by atoms with Crippen molar-refractivity contribution < 1.29 is 9.90 Å². The van der Waals surface area contributed by atoms with Crippen LogP contribution in [0.1, 0.15) is 11.1 Å². The molecule has 3 N–H and O–H groups in total. The van der Waals surface area contributed by atoms with Crippen molar-refractivity contribution in [1.82, 2.24) is 5.43 Å². The van der Waals surface area contributed by atoms with E-state index in [1.54, 1.807) is 30.3 Å². The molecule has 2 rings (SSSR count). The quantitative estimate of drug-likeness (QED) is 0.586. The molecule has 0 heterocycles. The number of hydrazone groups is 1. The van der Waals surface area contributed by atoms with Crippen LogP contribution >= 0.6 is 11.6 Å². The maximum Gasteiger partial charge on any atom is 0.259 e. The summed E-state index contributed by atoms with van der Waals surface area (Å²) >= 11 is 5.87. The van der Waals surface area contributed by atoms with Gasteiger partial charge in [-0.3, -0.25) is 4.79 Å². The van der Waals surface area contributed by atoms with E-state index in [9.17, 15) is 4.79 Å². The number of nitrogens with zero attached hydrogens (tertiary/aromatic N) is 1. The smallest absolute Gasteiger partial charge is 0.259 e. The van der Waals surface area contributed by atoms with Crippen molar-refractivity contribution in [2.45, 2.75) is 6.92 Å². The number of aromatic hydroxyl groups is 1. The first-order valence-electron chi connectivity index (χ1n) is 6.65. The lowest BCUT2D eigenvalue weighted by Gasteiger charge is -2.08. The van der Waals surface area contributed by atoms with E-state index in [1.165, 1.54) is 6.21 Å². The highest BCUT2D eigenvalue weighted by atomic mass is 35.5. The maximum atomic E-state index is 11.7. The van der Waals surface area contributed by atoms with Gasteiger partial charge in [-0.1, -0.05) is 11.6 Å². The van der Waals surface area contributed by atoms with Crippen molar-refractivity contribution in [2.75, 3.05) is 11.9 Å². The van der Waals surface area contributed by atoms with E-state index in [-0.39, 0.29) is 18.2 Å². The number of phenolic OH excluding ortho intramolecular Hbond substituents is 1. The van der Waals surface area contributed by atoms with Crippen LogP contribution in [-0.2, 0) is 4.79 Å². The molecule has 0 aliphatic heterocycles. The summed E-state index contributed by atoms with van der Waals surface area (Å²) < 4.78 is 0. The van der Waals surface area contributed by atoms with Crippen LogP contribution in [0.15, 0.2) is 47.6 Å². The second-order valence-corrected chi connectivity index (χ2v) is 5.13. The third-order valence-electron chi connectivity index (χ3n) is 2.92. The molecule has 0 radical (unpaired) electrons. The van der Waals surface area contributed by atoms with Crippen molar-refractivity contribution in [1.29, 1.82) is 0 Å². The summed E-state index contributed by atoms with van der Waals surface area (Å²) in [4.78, 5) is 11.7. The van der Waals surface area contributed by atoms with Gasteiger partial charge in [-0.2, -0.15) is 5.10 Å². The molecule has 0 aliphatic carbocycles. The van der Waals surface area contributed by atoms with Gasteiger partial charge in [0.25, 0.3) is 5.91 Å². The van der Waals surface area contributed by atoms with Gasteiger partial charge >= 0.3 is 0 Å². The number of anilines is 1. The lowest BCUT2D eigenvalue weighted by atomic mass is 10.2. The van der Waals surface area contributed by atoms with E-state index in [0.29, 0.717) is 5.02 Å². The fourth-order valence-corrected chi connectivity index (χ4v) is 2.01. The highest BCUT2D eigenvalue weighted by Gasteiger charge is 2.02. The average Bonchev–Trinajstić information content (AvgIpc) is 2.48. The molecule has 5 nitrogen and oxygen atoms in total. The van der Waals surface area contributed by atoms with Crippen LogP contribution in [0.5, 0.6) is 5.75 Å². The molecule has 0 fully saturated rings. The minimum absolute atomic E-state index is 0.107.